The van der Waals surface area contributed by atoms with E-state index in [9.17, 15) is 5.26 Å². The van der Waals surface area contributed by atoms with Crippen molar-refractivity contribution in [3.63, 3.8) is 0 Å². The number of nitrogens with one attached hydrogen (secondary N) is 1. The third kappa shape index (κ3) is 3.56. The van der Waals surface area contributed by atoms with Gasteiger partial charge in [-0.25, -0.2) is 9.97 Å². The number of nitrogens with zero attached hydrogens (tertiary/aromatic N) is 3. The third-order valence-corrected chi connectivity index (χ3v) is 4.42. The van der Waals surface area contributed by atoms with Gasteiger partial charge in [0, 0.05) is 11.6 Å². The lowest BCUT2D eigenvalue weighted by molar-refractivity contribution is 0.667. The zero-order valence-electron chi connectivity index (χ0n) is 15.5. The molecule has 2 aromatic rings. The topological polar surface area (TPSA) is 61.6 Å². The summed E-state index contributed by atoms with van der Waals surface area (Å²) < 4.78 is 0. The van der Waals surface area contributed by atoms with Gasteiger partial charge < -0.3 is 5.32 Å². The largest absolute Gasteiger partial charge is 0.365 e. The van der Waals surface area contributed by atoms with Gasteiger partial charge in [0.25, 0.3) is 0 Å². The lowest BCUT2D eigenvalue weighted by Gasteiger charge is -2.18. The van der Waals surface area contributed by atoms with Crippen LogP contribution in [0.15, 0.2) is 12.1 Å². The summed E-state index contributed by atoms with van der Waals surface area (Å²) in [6.07, 6.45) is 1.97. The van der Waals surface area contributed by atoms with Crippen LogP contribution in [0.25, 0.3) is 11.3 Å². The summed E-state index contributed by atoms with van der Waals surface area (Å²) in [5, 5.41) is 12.9. The molecule has 0 spiro atoms. The molecule has 0 unspecified atom stereocenters. The molecule has 0 saturated heterocycles. The summed E-state index contributed by atoms with van der Waals surface area (Å²) in [7, 11) is 0. The number of nitriles is 1. The van der Waals surface area contributed by atoms with Crippen LogP contribution in [-0.2, 0) is 0 Å². The highest BCUT2D eigenvalue weighted by atomic mass is 15.0. The monoisotopic (exact) mass is 322 g/mol. The van der Waals surface area contributed by atoms with Crippen LogP contribution < -0.4 is 5.32 Å². The van der Waals surface area contributed by atoms with Gasteiger partial charge in [0.1, 0.15) is 6.07 Å². The predicted octanol–water partition coefficient (Wildman–Crippen LogP) is 4.85. The Morgan fingerprint density at radius 2 is 1.62 bits per heavy atom. The molecule has 24 heavy (non-hydrogen) atoms. The molecule has 0 aliphatic heterocycles. The first-order valence-electron chi connectivity index (χ1n) is 8.54. The van der Waals surface area contributed by atoms with Crippen molar-refractivity contribution in [2.75, 3.05) is 5.32 Å². The van der Waals surface area contributed by atoms with E-state index >= 15 is 0 Å². The van der Waals surface area contributed by atoms with Crippen LogP contribution >= 0.6 is 0 Å². The molecule has 1 aromatic carbocycles. The standard InChI is InChI=1S/C20H26N4/c1-7-16(8-2)23-20-17(11-21)24-19(15(6)22-20)18-13(4)9-12(3)10-14(18)5/h9-10,16H,7-8H2,1-6H3,(H,22,23). The normalized spacial score (nSPS) is 10.8. The first-order valence-corrected chi connectivity index (χ1v) is 8.54. The third-order valence-electron chi connectivity index (χ3n) is 4.42. The van der Waals surface area contributed by atoms with Crippen LogP contribution in [-0.4, -0.2) is 16.0 Å². The number of hydrogen-bond donors (Lipinski definition) is 1. The fraction of sp³-hybridized carbons (Fsp3) is 0.450. The second-order valence-corrected chi connectivity index (χ2v) is 6.40. The quantitative estimate of drug-likeness (QED) is 0.854. The van der Waals surface area contributed by atoms with Crippen molar-refractivity contribution in [3.8, 4) is 17.3 Å². The van der Waals surface area contributed by atoms with Crippen LogP contribution in [0.2, 0.25) is 0 Å². The molecular formula is C20H26N4. The van der Waals surface area contributed by atoms with E-state index in [2.05, 4.69) is 68.1 Å². The van der Waals surface area contributed by atoms with Gasteiger partial charge in [-0.2, -0.15) is 5.26 Å². The average molecular weight is 322 g/mol. The highest BCUT2D eigenvalue weighted by Crippen LogP contribution is 2.30. The molecule has 0 aliphatic rings. The molecule has 0 saturated carbocycles. The first-order chi connectivity index (χ1) is 11.4. The van der Waals surface area contributed by atoms with Crippen LogP contribution in [0.4, 0.5) is 5.82 Å². The Labute approximate surface area is 145 Å². The van der Waals surface area contributed by atoms with E-state index in [1.807, 2.05) is 6.92 Å². The van der Waals surface area contributed by atoms with Crippen LogP contribution in [0.3, 0.4) is 0 Å². The Kier molecular flexibility index (Phi) is 5.56. The smallest absolute Gasteiger partial charge is 0.183 e. The van der Waals surface area contributed by atoms with E-state index in [-0.39, 0.29) is 0 Å². The maximum Gasteiger partial charge on any atom is 0.183 e. The minimum absolute atomic E-state index is 0.305. The Morgan fingerprint density at radius 3 is 2.12 bits per heavy atom. The summed E-state index contributed by atoms with van der Waals surface area (Å²) in [4.78, 5) is 9.31. The fourth-order valence-corrected chi connectivity index (χ4v) is 3.17. The number of aromatic nitrogens is 2. The van der Waals surface area contributed by atoms with E-state index in [1.54, 1.807) is 0 Å². The van der Waals surface area contributed by atoms with Gasteiger partial charge in [0.15, 0.2) is 11.5 Å². The van der Waals surface area contributed by atoms with Gasteiger partial charge in [-0.3, -0.25) is 0 Å². The average Bonchev–Trinajstić information content (AvgIpc) is 2.53. The lowest BCUT2D eigenvalue weighted by Crippen LogP contribution is -2.19. The number of rotatable bonds is 5. The van der Waals surface area contributed by atoms with Crippen LogP contribution in [0.5, 0.6) is 0 Å². The Hall–Kier alpha value is -2.41. The first kappa shape index (κ1) is 17.9. The van der Waals surface area contributed by atoms with Crippen molar-refractivity contribution in [1.29, 1.82) is 5.26 Å². The molecule has 1 heterocycles. The molecule has 0 aliphatic carbocycles. The van der Waals surface area contributed by atoms with Crippen molar-refractivity contribution in [2.24, 2.45) is 0 Å². The zero-order chi connectivity index (χ0) is 17.9. The molecule has 1 N–H and O–H groups in total. The maximum absolute atomic E-state index is 9.53. The summed E-state index contributed by atoms with van der Waals surface area (Å²) >= 11 is 0. The molecule has 1 aromatic heterocycles. The summed E-state index contributed by atoms with van der Waals surface area (Å²) in [5.41, 5.74) is 6.64. The minimum Gasteiger partial charge on any atom is -0.365 e. The van der Waals surface area contributed by atoms with E-state index < -0.39 is 0 Å². The zero-order valence-corrected chi connectivity index (χ0v) is 15.5. The minimum atomic E-state index is 0.305. The van der Waals surface area contributed by atoms with Crippen molar-refractivity contribution < 1.29 is 0 Å². The van der Waals surface area contributed by atoms with Gasteiger partial charge in [-0.1, -0.05) is 31.5 Å². The molecular weight excluding hydrogens is 296 g/mol. The highest BCUT2D eigenvalue weighted by molar-refractivity contribution is 5.71. The van der Waals surface area contributed by atoms with Gasteiger partial charge in [-0.05, 0) is 51.7 Å². The summed E-state index contributed by atoms with van der Waals surface area (Å²) in [5.74, 6) is 0.592. The Balaban J connectivity index is 2.57. The molecule has 0 bridgehead atoms. The molecule has 4 nitrogen and oxygen atoms in total. The maximum atomic E-state index is 9.53. The number of hydrogen-bond acceptors (Lipinski definition) is 4. The van der Waals surface area contributed by atoms with E-state index in [0.29, 0.717) is 17.6 Å². The van der Waals surface area contributed by atoms with Crippen molar-refractivity contribution in [2.45, 2.75) is 60.4 Å². The van der Waals surface area contributed by atoms with Gasteiger partial charge in [0.2, 0.25) is 0 Å². The molecule has 0 amide bonds. The molecule has 0 radical (unpaired) electrons. The predicted molar refractivity (Wildman–Crippen MR) is 99.1 cm³/mol. The molecule has 0 fully saturated rings. The Morgan fingerprint density at radius 1 is 1.04 bits per heavy atom. The number of benzene rings is 1. The second kappa shape index (κ2) is 7.44. The van der Waals surface area contributed by atoms with Crippen molar-refractivity contribution >= 4 is 5.82 Å². The van der Waals surface area contributed by atoms with Crippen molar-refractivity contribution in [3.05, 3.63) is 40.2 Å². The SMILES string of the molecule is CCC(CC)Nc1nc(C)c(-c2c(C)cc(C)cc2C)nc1C#N. The van der Waals surface area contributed by atoms with Crippen molar-refractivity contribution in [1.82, 2.24) is 9.97 Å². The lowest BCUT2D eigenvalue weighted by atomic mass is 9.96. The van der Waals surface area contributed by atoms with Gasteiger partial charge >= 0.3 is 0 Å². The number of aryl methyl sites for hydroxylation is 4. The van der Waals surface area contributed by atoms with Crippen LogP contribution in [0, 0.1) is 39.0 Å². The van der Waals surface area contributed by atoms with E-state index in [0.717, 1.165) is 40.9 Å². The van der Waals surface area contributed by atoms with Gasteiger partial charge in [-0.15, -0.1) is 0 Å². The Bertz CT molecular complexity index is 760. The van der Waals surface area contributed by atoms with E-state index in [1.165, 1.54) is 5.56 Å². The van der Waals surface area contributed by atoms with Crippen LogP contribution in [0.1, 0.15) is 54.8 Å². The second-order valence-electron chi connectivity index (χ2n) is 6.40. The highest BCUT2D eigenvalue weighted by Gasteiger charge is 2.17. The molecule has 126 valence electrons. The summed E-state index contributed by atoms with van der Waals surface area (Å²) in [6, 6.07) is 6.80. The summed E-state index contributed by atoms with van der Waals surface area (Å²) in [6.45, 7) is 12.5. The molecule has 0 atom stereocenters. The van der Waals surface area contributed by atoms with E-state index in [4.69, 9.17) is 0 Å². The molecule has 2 rings (SSSR count). The molecule has 4 heteroatoms. The fourth-order valence-electron chi connectivity index (χ4n) is 3.17. The number of anilines is 1. The van der Waals surface area contributed by atoms with Gasteiger partial charge in [0.05, 0.1) is 11.4 Å².